The molecule has 2 unspecified atom stereocenters. The van der Waals surface area contributed by atoms with Crippen molar-refractivity contribution >= 4 is 0 Å². The van der Waals surface area contributed by atoms with Gasteiger partial charge in [-0.3, -0.25) is 0 Å². The molecule has 0 spiro atoms. The third-order valence-corrected chi connectivity index (χ3v) is 2.97. The second-order valence-corrected chi connectivity index (χ2v) is 3.54. The number of H-pyrrole nitrogens is 1. The molecule has 0 saturated carbocycles. The van der Waals surface area contributed by atoms with E-state index in [2.05, 4.69) is 29.5 Å². The predicted molar refractivity (Wildman–Crippen MR) is 44.6 cm³/mol. The van der Waals surface area contributed by atoms with Crippen LogP contribution in [0.25, 0.3) is 0 Å². The molecule has 0 aromatic carbocycles. The SMILES string of the molecule is C1=CC2CCC1c1c[nH]cc12. The highest BCUT2D eigenvalue weighted by atomic mass is 14.7. The molecule has 11 heavy (non-hydrogen) atoms. The van der Waals surface area contributed by atoms with E-state index in [-0.39, 0.29) is 0 Å². The maximum Gasteiger partial charge on any atom is 0.00464 e. The van der Waals surface area contributed by atoms with Gasteiger partial charge in [0, 0.05) is 24.2 Å². The van der Waals surface area contributed by atoms with Crippen LogP contribution in [0.2, 0.25) is 0 Å². The molecule has 56 valence electrons. The number of hydrogen-bond acceptors (Lipinski definition) is 0. The molecular weight excluding hydrogens is 134 g/mol. The van der Waals surface area contributed by atoms with Crippen molar-refractivity contribution in [2.75, 3.05) is 0 Å². The van der Waals surface area contributed by atoms with Crippen LogP contribution in [0.3, 0.4) is 0 Å². The van der Waals surface area contributed by atoms with Crippen LogP contribution in [0.15, 0.2) is 24.5 Å². The van der Waals surface area contributed by atoms with Gasteiger partial charge in [-0.25, -0.2) is 0 Å². The standard InChI is InChI=1S/C10H11N/c1-2-8-4-3-7(1)9-5-11-6-10(8)9/h1-2,5-8,11H,3-4H2. The Labute approximate surface area is 66.1 Å². The first-order valence-corrected chi connectivity index (χ1v) is 4.30. The van der Waals surface area contributed by atoms with E-state index in [9.17, 15) is 0 Å². The Morgan fingerprint density at radius 3 is 2.00 bits per heavy atom. The molecule has 1 nitrogen and oxygen atoms in total. The molecule has 3 aliphatic rings. The lowest BCUT2D eigenvalue weighted by molar-refractivity contribution is 0.557. The summed E-state index contributed by atoms with van der Waals surface area (Å²) in [6.07, 6.45) is 11.8. The lowest BCUT2D eigenvalue weighted by Crippen LogP contribution is -2.14. The summed E-state index contributed by atoms with van der Waals surface area (Å²) in [4.78, 5) is 3.20. The van der Waals surface area contributed by atoms with Gasteiger partial charge in [0.1, 0.15) is 0 Å². The zero-order chi connectivity index (χ0) is 7.26. The van der Waals surface area contributed by atoms with E-state index in [1.165, 1.54) is 12.8 Å². The van der Waals surface area contributed by atoms with Gasteiger partial charge < -0.3 is 4.98 Å². The van der Waals surface area contributed by atoms with Gasteiger partial charge >= 0.3 is 0 Å². The molecule has 3 aliphatic carbocycles. The lowest BCUT2D eigenvalue weighted by atomic mass is 9.74. The van der Waals surface area contributed by atoms with E-state index >= 15 is 0 Å². The molecule has 2 atom stereocenters. The maximum atomic E-state index is 3.20. The summed E-state index contributed by atoms with van der Waals surface area (Å²) >= 11 is 0. The van der Waals surface area contributed by atoms with Gasteiger partial charge in [0.05, 0.1) is 0 Å². The normalized spacial score (nSPS) is 32.4. The fraction of sp³-hybridized carbons (Fsp3) is 0.400. The zero-order valence-corrected chi connectivity index (χ0v) is 6.38. The van der Waals surface area contributed by atoms with E-state index in [1.54, 1.807) is 11.1 Å². The van der Waals surface area contributed by atoms with Crippen LogP contribution in [0.1, 0.15) is 35.8 Å². The molecule has 1 aromatic rings. The van der Waals surface area contributed by atoms with Crippen LogP contribution < -0.4 is 0 Å². The van der Waals surface area contributed by atoms with Crippen molar-refractivity contribution in [3.63, 3.8) is 0 Å². The third-order valence-electron chi connectivity index (χ3n) is 2.97. The fourth-order valence-corrected chi connectivity index (χ4v) is 2.37. The highest BCUT2D eigenvalue weighted by Gasteiger charge is 2.28. The Morgan fingerprint density at radius 1 is 1.00 bits per heavy atom. The molecule has 0 aliphatic heterocycles. The summed E-state index contributed by atoms with van der Waals surface area (Å²) in [5, 5.41) is 0. The molecule has 1 aromatic heterocycles. The van der Waals surface area contributed by atoms with Crippen molar-refractivity contribution < 1.29 is 0 Å². The molecule has 0 radical (unpaired) electrons. The Balaban J connectivity index is 2.25. The van der Waals surface area contributed by atoms with Gasteiger partial charge in [-0.2, -0.15) is 0 Å². The molecule has 1 heterocycles. The van der Waals surface area contributed by atoms with Crippen molar-refractivity contribution in [1.82, 2.24) is 4.98 Å². The highest BCUT2D eigenvalue weighted by molar-refractivity contribution is 5.42. The van der Waals surface area contributed by atoms with Crippen molar-refractivity contribution in [3.05, 3.63) is 35.7 Å². The third kappa shape index (κ3) is 0.609. The average molecular weight is 145 g/mol. The molecule has 0 fully saturated rings. The van der Waals surface area contributed by atoms with Crippen LogP contribution in [0, 0.1) is 0 Å². The minimum Gasteiger partial charge on any atom is -0.367 e. The molecular formula is C10H11N. The van der Waals surface area contributed by atoms with Crippen LogP contribution in [-0.4, -0.2) is 4.98 Å². The van der Waals surface area contributed by atoms with Crippen LogP contribution in [0.5, 0.6) is 0 Å². The van der Waals surface area contributed by atoms with Gasteiger partial charge in [-0.05, 0) is 24.0 Å². The number of nitrogens with one attached hydrogen (secondary N) is 1. The Kier molecular flexibility index (Phi) is 0.916. The number of fused-ring (bicyclic) bond motifs is 1. The van der Waals surface area contributed by atoms with E-state index < -0.39 is 0 Å². The van der Waals surface area contributed by atoms with E-state index in [0.717, 1.165) is 11.8 Å². The quantitative estimate of drug-likeness (QED) is 0.540. The molecule has 1 N–H and O–H groups in total. The van der Waals surface area contributed by atoms with Gasteiger partial charge in [0.25, 0.3) is 0 Å². The zero-order valence-electron chi connectivity index (χ0n) is 6.38. The largest absolute Gasteiger partial charge is 0.367 e. The Bertz CT molecular complexity index is 280. The molecule has 2 bridgehead atoms. The number of rotatable bonds is 0. The summed E-state index contributed by atoms with van der Waals surface area (Å²) in [5.74, 6) is 1.45. The van der Waals surface area contributed by atoms with Gasteiger partial charge in [-0.1, -0.05) is 12.2 Å². The van der Waals surface area contributed by atoms with Gasteiger partial charge in [0.15, 0.2) is 0 Å². The van der Waals surface area contributed by atoms with E-state index in [4.69, 9.17) is 0 Å². The number of aromatic amines is 1. The van der Waals surface area contributed by atoms with Crippen molar-refractivity contribution in [2.24, 2.45) is 0 Å². The number of aromatic nitrogens is 1. The average Bonchev–Trinajstić information content (AvgIpc) is 2.55. The van der Waals surface area contributed by atoms with Crippen molar-refractivity contribution in [1.29, 1.82) is 0 Å². The predicted octanol–water partition coefficient (Wildman–Crippen LogP) is 2.55. The summed E-state index contributed by atoms with van der Waals surface area (Å²) in [7, 11) is 0. The molecule has 0 saturated heterocycles. The summed E-state index contributed by atoms with van der Waals surface area (Å²) < 4.78 is 0. The monoisotopic (exact) mass is 145 g/mol. The lowest BCUT2D eigenvalue weighted by Gasteiger charge is -2.30. The summed E-state index contributed by atoms with van der Waals surface area (Å²) in [6.45, 7) is 0. The maximum absolute atomic E-state index is 3.20. The van der Waals surface area contributed by atoms with Crippen LogP contribution in [0.4, 0.5) is 0 Å². The minimum absolute atomic E-state index is 0.723. The first-order chi connectivity index (χ1) is 5.45. The molecule has 1 heteroatoms. The van der Waals surface area contributed by atoms with Crippen LogP contribution in [-0.2, 0) is 0 Å². The minimum atomic E-state index is 0.723. The Morgan fingerprint density at radius 2 is 1.55 bits per heavy atom. The Hall–Kier alpha value is -0.980. The molecule has 0 amide bonds. The van der Waals surface area contributed by atoms with Gasteiger partial charge in [-0.15, -0.1) is 0 Å². The number of allylic oxidation sites excluding steroid dienone is 2. The van der Waals surface area contributed by atoms with E-state index in [1.807, 2.05) is 0 Å². The topological polar surface area (TPSA) is 15.8 Å². The van der Waals surface area contributed by atoms with E-state index in [0.29, 0.717) is 0 Å². The second-order valence-electron chi connectivity index (χ2n) is 3.54. The van der Waals surface area contributed by atoms with Crippen molar-refractivity contribution in [2.45, 2.75) is 24.7 Å². The first kappa shape index (κ1) is 5.64. The summed E-state index contributed by atoms with van der Waals surface area (Å²) in [5.41, 5.74) is 3.09. The van der Waals surface area contributed by atoms with Crippen molar-refractivity contribution in [3.8, 4) is 0 Å². The fourth-order valence-electron chi connectivity index (χ4n) is 2.37. The summed E-state index contributed by atoms with van der Waals surface area (Å²) in [6, 6.07) is 0. The smallest absolute Gasteiger partial charge is 0.00464 e. The van der Waals surface area contributed by atoms with Crippen LogP contribution >= 0.6 is 0 Å². The highest BCUT2D eigenvalue weighted by Crippen LogP contribution is 2.44. The second kappa shape index (κ2) is 1.79. The molecule has 4 rings (SSSR count). The first-order valence-electron chi connectivity index (χ1n) is 4.30. The number of hydrogen-bond donors (Lipinski definition) is 1. The van der Waals surface area contributed by atoms with Gasteiger partial charge in [0.2, 0.25) is 0 Å².